The van der Waals surface area contributed by atoms with Gasteiger partial charge >= 0.3 is 5.97 Å². The van der Waals surface area contributed by atoms with Gasteiger partial charge in [-0.3, -0.25) is 0 Å². The van der Waals surface area contributed by atoms with Crippen molar-refractivity contribution in [1.82, 2.24) is 4.90 Å². The first-order valence-corrected chi connectivity index (χ1v) is 9.87. The van der Waals surface area contributed by atoms with Crippen molar-refractivity contribution in [2.45, 2.75) is 57.4 Å². The summed E-state index contributed by atoms with van der Waals surface area (Å²) in [5.41, 5.74) is 4.33. The molecule has 2 bridgehead atoms. The van der Waals surface area contributed by atoms with Crippen molar-refractivity contribution in [3.05, 3.63) is 53.1 Å². The highest BCUT2D eigenvalue weighted by Gasteiger charge is 2.56. The molecule has 1 heterocycles. The van der Waals surface area contributed by atoms with E-state index in [1.165, 1.54) is 42.9 Å². The van der Waals surface area contributed by atoms with Gasteiger partial charge in [0.2, 0.25) is 0 Å². The minimum absolute atomic E-state index is 0.269. The second-order valence-electron chi connectivity index (χ2n) is 8.54. The predicted octanol–water partition coefficient (Wildman–Crippen LogP) is 4.41. The van der Waals surface area contributed by atoms with Crippen molar-refractivity contribution in [2.75, 3.05) is 13.6 Å². The van der Waals surface area contributed by atoms with Gasteiger partial charge in [0.1, 0.15) is 5.75 Å². The molecule has 1 saturated heterocycles. The summed E-state index contributed by atoms with van der Waals surface area (Å²) < 4.78 is 5.60. The third kappa shape index (κ3) is 2.92. The Morgan fingerprint density at radius 1 is 1.31 bits per heavy atom. The first-order chi connectivity index (χ1) is 12.5. The van der Waals surface area contributed by atoms with E-state index in [2.05, 4.69) is 24.1 Å². The predicted molar refractivity (Wildman–Crippen MR) is 104 cm³/mol. The molecule has 1 aromatic carbocycles. The molecule has 0 spiro atoms. The molecule has 0 aromatic heterocycles. The molecule has 3 nitrogen and oxygen atoms in total. The Labute approximate surface area is 156 Å². The maximum absolute atomic E-state index is 12.1. The molecule has 4 rings (SSSR count). The molecule has 0 unspecified atom stereocenters. The number of likely N-dealkylation sites (tertiary alicyclic amines) is 1. The van der Waals surface area contributed by atoms with Crippen LogP contribution in [-0.2, 0) is 16.6 Å². The Bertz CT molecular complexity index is 774. The standard InChI is InChI=1S/C23H29NO2/c1-16(2)7-6-9-22(25)26-18-11-10-17-13-21-19-8-4-5-12-23(19,15-24(21)3)20(17)14-18/h6-7,9-11,14,19,21H,4-5,8,12-13,15H2,1-3H3/b9-6+/t19-,21+,23+/m1/s1. The number of carbonyl (C=O) groups is 1. The number of allylic oxidation sites excluding steroid dienone is 3. The second kappa shape index (κ2) is 6.70. The fourth-order valence-electron chi connectivity index (χ4n) is 5.57. The lowest BCUT2D eigenvalue weighted by Gasteiger charge is -2.45. The van der Waals surface area contributed by atoms with Gasteiger partial charge in [0.05, 0.1) is 0 Å². The third-order valence-corrected chi connectivity index (χ3v) is 6.59. The molecule has 2 fully saturated rings. The maximum atomic E-state index is 12.1. The molecular weight excluding hydrogens is 322 g/mol. The Morgan fingerprint density at radius 3 is 2.96 bits per heavy atom. The van der Waals surface area contributed by atoms with Gasteiger partial charge in [-0.25, -0.2) is 4.79 Å². The van der Waals surface area contributed by atoms with Crippen molar-refractivity contribution in [1.29, 1.82) is 0 Å². The van der Waals surface area contributed by atoms with E-state index < -0.39 is 0 Å². The minimum atomic E-state index is -0.308. The zero-order chi connectivity index (χ0) is 18.3. The molecule has 138 valence electrons. The van der Waals surface area contributed by atoms with Crippen molar-refractivity contribution in [2.24, 2.45) is 5.92 Å². The van der Waals surface area contributed by atoms with Gasteiger partial charge in [0, 0.05) is 24.1 Å². The molecule has 1 aliphatic heterocycles. The summed E-state index contributed by atoms with van der Waals surface area (Å²) in [5.74, 6) is 1.14. The van der Waals surface area contributed by atoms with E-state index in [4.69, 9.17) is 4.74 Å². The van der Waals surface area contributed by atoms with Gasteiger partial charge in [0.25, 0.3) is 0 Å². The number of benzene rings is 1. The van der Waals surface area contributed by atoms with Crippen molar-refractivity contribution < 1.29 is 9.53 Å². The first kappa shape index (κ1) is 17.5. The lowest BCUT2D eigenvalue weighted by atomic mass is 9.58. The number of ether oxygens (including phenoxy) is 1. The number of hydrogen-bond donors (Lipinski definition) is 0. The highest BCUT2D eigenvalue weighted by Crippen LogP contribution is 2.56. The molecule has 3 heteroatoms. The van der Waals surface area contributed by atoms with E-state index in [0.29, 0.717) is 11.8 Å². The summed E-state index contributed by atoms with van der Waals surface area (Å²) in [4.78, 5) is 14.7. The van der Waals surface area contributed by atoms with Crippen LogP contribution in [0.1, 0.15) is 50.7 Å². The van der Waals surface area contributed by atoms with Crippen LogP contribution < -0.4 is 4.74 Å². The lowest BCUT2D eigenvalue weighted by Crippen LogP contribution is -2.44. The molecule has 1 aromatic rings. The Morgan fingerprint density at radius 2 is 2.15 bits per heavy atom. The normalized spacial score (nSPS) is 30.0. The topological polar surface area (TPSA) is 29.5 Å². The van der Waals surface area contributed by atoms with Crippen molar-refractivity contribution in [3.8, 4) is 5.75 Å². The first-order valence-electron chi connectivity index (χ1n) is 9.87. The second-order valence-corrected chi connectivity index (χ2v) is 8.54. The van der Waals surface area contributed by atoms with E-state index in [1.54, 1.807) is 6.08 Å². The highest BCUT2D eigenvalue weighted by molar-refractivity contribution is 5.84. The van der Waals surface area contributed by atoms with Gasteiger partial charge in [-0.05, 0) is 69.3 Å². The average Bonchev–Trinajstić information content (AvgIpc) is 2.82. The van der Waals surface area contributed by atoms with Crippen LogP contribution in [0.2, 0.25) is 0 Å². The number of rotatable bonds is 3. The maximum Gasteiger partial charge on any atom is 0.336 e. The van der Waals surface area contributed by atoms with Crippen molar-refractivity contribution in [3.63, 3.8) is 0 Å². The summed E-state index contributed by atoms with van der Waals surface area (Å²) in [6.45, 7) is 5.16. The minimum Gasteiger partial charge on any atom is -0.423 e. The van der Waals surface area contributed by atoms with Gasteiger partial charge in [-0.15, -0.1) is 0 Å². The number of carbonyl (C=O) groups excluding carboxylic acids is 1. The number of likely N-dealkylation sites (N-methyl/N-ethyl adjacent to an activating group) is 1. The highest BCUT2D eigenvalue weighted by atomic mass is 16.5. The van der Waals surface area contributed by atoms with Crippen LogP contribution in [0.15, 0.2) is 42.0 Å². The van der Waals surface area contributed by atoms with Crippen LogP contribution in [-0.4, -0.2) is 30.5 Å². The zero-order valence-electron chi connectivity index (χ0n) is 16.1. The van der Waals surface area contributed by atoms with Crippen LogP contribution in [0.25, 0.3) is 0 Å². The van der Waals surface area contributed by atoms with Gasteiger partial charge < -0.3 is 9.64 Å². The number of fused-ring (bicyclic) bond motifs is 1. The monoisotopic (exact) mass is 351 g/mol. The Hall–Kier alpha value is -1.87. The van der Waals surface area contributed by atoms with Crippen LogP contribution in [0.4, 0.5) is 0 Å². The smallest absolute Gasteiger partial charge is 0.336 e. The molecule has 0 amide bonds. The molecule has 1 saturated carbocycles. The fourth-order valence-corrected chi connectivity index (χ4v) is 5.57. The summed E-state index contributed by atoms with van der Waals surface area (Å²) in [6, 6.07) is 7.00. The van der Waals surface area contributed by atoms with Crippen LogP contribution in [0.5, 0.6) is 5.75 Å². The average molecular weight is 351 g/mol. The third-order valence-electron chi connectivity index (χ3n) is 6.59. The summed E-state index contributed by atoms with van der Waals surface area (Å²) in [5, 5.41) is 0. The Balaban J connectivity index is 1.61. The van der Waals surface area contributed by atoms with Gasteiger partial charge in [-0.1, -0.05) is 36.6 Å². The molecule has 3 aliphatic rings. The molecular formula is C23H29NO2. The fraction of sp³-hybridized carbons (Fsp3) is 0.522. The SMILES string of the molecule is CC(C)=C/C=C/C(=O)Oc1ccc2c(c1)[C@]13CCCC[C@@H]1[C@H](C2)N(C)C3. The van der Waals surface area contributed by atoms with Crippen molar-refractivity contribution >= 4 is 5.97 Å². The zero-order valence-corrected chi connectivity index (χ0v) is 16.1. The van der Waals surface area contributed by atoms with E-state index in [-0.39, 0.29) is 11.4 Å². The Kier molecular flexibility index (Phi) is 4.52. The number of nitrogens with zero attached hydrogens (tertiary/aromatic N) is 1. The van der Waals surface area contributed by atoms with E-state index in [9.17, 15) is 4.79 Å². The molecule has 3 atom stereocenters. The number of hydrogen-bond acceptors (Lipinski definition) is 3. The quantitative estimate of drug-likeness (QED) is 0.350. The summed E-state index contributed by atoms with van der Waals surface area (Å²) >= 11 is 0. The van der Waals surface area contributed by atoms with Gasteiger partial charge in [0.15, 0.2) is 0 Å². The van der Waals surface area contributed by atoms with E-state index in [1.807, 2.05) is 26.0 Å². The van der Waals surface area contributed by atoms with Crippen LogP contribution in [0.3, 0.4) is 0 Å². The van der Waals surface area contributed by atoms with Crippen LogP contribution in [0, 0.1) is 5.92 Å². The summed E-state index contributed by atoms with van der Waals surface area (Å²) in [6.07, 6.45) is 11.6. The van der Waals surface area contributed by atoms with E-state index >= 15 is 0 Å². The lowest BCUT2D eigenvalue weighted by molar-refractivity contribution is -0.129. The summed E-state index contributed by atoms with van der Waals surface area (Å²) in [7, 11) is 2.28. The van der Waals surface area contributed by atoms with E-state index in [0.717, 1.165) is 24.5 Å². The molecule has 2 aliphatic carbocycles. The van der Waals surface area contributed by atoms with Crippen LogP contribution >= 0.6 is 0 Å². The van der Waals surface area contributed by atoms with Gasteiger partial charge in [-0.2, -0.15) is 0 Å². The largest absolute Gasteiger partial charge is 0.423 e. The molecule has 0 radical (unpaired) electrons. The number of esters is 1. The molecule has 26 heavy (non-hydrogen) atoms. The molecule has 0 N–H and O–H groups in total.